The summed E-state index contributed by atoms with van der Waals surface area (Å²) in [5.74, 6) is -0.292. The number of nitrogens with two attached hydrogens (primary N) is 1. The largest absolute Gasteiger partial charge is 0.496 e. The molecule has 0 aliphatic heterocycles. The van der Waals surface area contributed by atoms with Crippen LogP contribution in [0.3, 0.4) is 0 Å². The summed E-state index contributed by atoms with van der Waals surface area (Å²) in [4.78, 5) is 0. The molecule has 9 heteroatoms. The number of ether oxygens (including phenoxy) is 1. The van der Waals surface area contributed by atoms with E-state index in [9.17, 15) is 26.3 Å². The summed E-state index contributed by atoms with van der Waals surface area (Å²) >= 11 is 0. The predicted molar refractivity (Wildman–Crippen MR) is 81.2 cm³/mol. The zero-order chi connectivity index (χ0) is 18.0. The number of hydrogen-bond acceptors (Lipinski definition) is 2. The molecule has 140 valence electrons. The van der Waals surface area contributed by atoms with Crippen molar-refractivity contribution in [2.45, 2.75) is 45.1 Å². The Bertz CT molecular complexity index is 542. The van der Waals surface area contributed by atoms with Gasteiger partial charge in [-0.1, -0.05) is 13.8 Å². The van der Waals surface area contributed by atoms with Crippen LogP contribution in [0.15, 0.2) is 12.1 Å². The van der Waals surface area contributed by atoms with Gasteiger partial charge in [-0.05, 0) is 30.9 Å². The lowest BCUT2D eigenvalue weighted by Gasteiger charge is -2.23. The second kappa shape index (κ2) is 8.29. The number of rotatable bonds is 5. The normalized spacial score (nSPS) is 13.6. The van der Waals surface area contributed by atoms with Crippen LogP contribution in [0.5, 0.6) is 5.75 Å². The third kappa shape index (κ3) is 5.73. The van der Waals surface area contributed by atoms with Gasteiger partial charge < -0.3 is 10.5 Å². The monoisotopic (exact) mass is 379 g/mol. The summed E-state index contributed by atoms with van der Waals surface area (Å²) < 4.78 is 82.8. The van der Waals surface area contributed by atoms with Gasteiger partial charge in [-0.25, -0.2) is 0 Å². The molecule has 0 aromatic heterocycles. The molecule has 0 aliphatic carbocycles. The van der Waals surface area contributed by atoms with E-state index in [1.807, 2.05) is 13.8 Å². The van der Waals surface area contributed by atoms with Crippen LogP contribution in [0.1, 0.15) is 49.4 Å². The number of hydrogen-bond donors (Lipinski definition) is 1. The van der Waals surface area contributed by atoms with Crippen LogP contribution in [0.25, 0.3) is 0 Å². The Morgan fingerprint density at radius 1 is 1.00 bits per heavy atom. The van der Waals surface area contributed by atoms with Gasteiger partial charge in [0.2, 0.25) is 0 Å². The van der Waals surface area contributed by atoms with Crippen molar-refractivity contribution in [1.29, 1.82) is 0 Å². The van der Waals surface area contributed by atoms with Crippen molar-refractivity contribution < 1.29 is 31.1 Å². The number of methoxy groups -OCH3 is 1. The van der Waals surface area contributed by atoms with Crippen molar-refractivity contribution in [1.82, 2.24) is 0 Å². The van der Waals surface area contributed by atoms with E-state index in [0.717, 1.165) is 7.11 Å². The van der Waals surface area contributed by atoms with E-state index in [-0.39, 0.29) is 30.8 Å². The molecular weight excluding hydrogens is 360 g/mol. The molecule has 0 saturated carbocycles. The minimum atomic E-state index is -4.96. The Labute approximate surface area is 142 Å². The van der Waals surface area contributed by atoms with Gasteiger partial charge in [0.25, 0.3) is 0 Å². The summed E-state index contributed by atoms with van der Waals surface area (Å²) in [5, 5.41) is 0. The average Bonchev–Trinajstić information content (AvgIpc) is 2.41. The van der Waals surface area contributed by atoms with E-state index in [2.05, 4.69) is 0 Å². The molecule has 1 atom stereocenters. The highest BCUT2D eigenvalue weighted by molar-refractivity contribution is 5.85. The van der Waals surface area contributed by atoms with Crippen molar-refractivity contribution in [3.63, 3.8) is 0 Å². The van der Waals surface area contributed by atoms with Crippen molar-refractivity contribution in [2.24, 2.45) is 11.7 Å². The Morgan fingerprint density at radius 3 is 1.92 bits per heavy atom. The molecule has 0 spiro atoms. The van der Waals surface area contributed by atoms with Crippen LogP contribution in [0.2, 0.25) is 0 Å². The molecule has 0 heterocycles. The van der Waals surface area contributed by atoms with Crippen molar-refractivity contribution in [3.8, 4) is 5.75 Å². The molecule has 1 aromatic carbocycles. The second-order valence-electron chi connectivity index (χ2n) is 5.71. The van der Waals surface area contributed by atoms with Crippen LogP contribution in [0.4, 0.5) is 26.3 Å². The summed E-state index contributed by atoms with van der Waals surface area (Å²) in [6, 6.07) is -0.418. The lowest BCUT2D eigenvalue weighted by molar-refractivity contribution is -0.143. The van der Waals surface area contributed by atoms with Gasteiger partial charge in [0.1, 0.15) is 5.75 Å². The third-order valence-electron chi connectivity index (χ3n) is 3.42. The zero-order valence-electron chi connectivity index (χ0n) is 13.4. The quantitative estimate of drug-likeness (QED) is 0.677. The maximum Gasteiger partial charge on any atom is 0.416 e. The van der Waals surface area contributed by atoms with E-state index < -0.39 is 40.8 Å². The molecule has 0 unspecified atom stereocenters. The highest BCUT2D eigenvalue weighted by Gasteiger charge is 2.41. The summed E-state index contributed by atoms with van der Waals surface area (Å²) in [5.41, 5.74) is 2.56. The molecule has 0 saturated heterocycles. The lowest BCUT2D eigenvalue weighted by Crippen LogP contribution is -2.21. The van der Waals surface area contributed by atoms with Crippen LogP contribution >= 0.6 is 12.4 Å². The standard InChI is InChI=1S/C15H19F6NO.ClH/c1-8(2)4-5-11(22)13-10(15(19,20)21)6-9(14(16,17)18)7-12(13)23-3;/h6-8,11H,4-5,22H2,1-3H3;1H/t11-;/m1./s1. The minimum Gasteiger partial charge on any atom is -0.496 e. The SMILES string of the molecule is COc1cc(C(F)(F)F)cc(C(F)(F)F)c1[C@H](N)CCC(C)C.Cl. The molecule has 0 fully saturated rings. The summed E-state index contributed by atoms with van der Waals surface area (Å²) in [6.07, 6.45) is -9.11. The van der Waals surface area contributed by atoms with E-state index in [1.54, 1.807) is 0 Å². The third-order valence-corrected chi connectivity index (χ3v) is 3.42. The molecule has 0 bridgehead atoms. The number of halogens is 7. The number of alkyl halides is 6. The Hall–Kier alpha value is -1.15. The first-order valence-electron chi connectivity index (χ1n) is 6.99. The summed E-state index contributed by atoms with van der Waals surface area (Å²) in [6.45, 7) is 3.75. The zero-order valence-corrected chi connectivity index (χ0v) is 14.2. The fraction of sp³-hybridized carbons (Fsp3) is 0.600. The molecular formula is C15H20ClF6NO. The highest BCUT2D eigenvalue weighted by atomic mass is 35.5. The van der Waals surface area contributed by atoms with Gasteiger partial charge in [-0.2, -0.15) is 26.3 Å². The van der Waals surface area contributed by atoms with Crippen molar-refractivity contribution >= 4 is 12.4 Å². The first-order valence-corrected chi connectivity index (χ1v) is 6.99. The van der Waals surface area contributed by atoms with Crippen molar-refractivity contribution in [2.75, 3.05) is 7.11 Å². The van der Waals surface area contributed by atoms with Crippen LogP contribution in [0, 0.1) is 5.92 Å². The van der Waals surface area contributed by atoms with Gasteiger partial charge in [0.05, 0.1) is 18.2 Å². The first-order chi connectivity index (χ1) is 10.4. The Balaban J connectivity index is 0.00000529. The topological polar surface area (TPSA) is 35.2 Å². The van der Waals surface area contributed by atoms with E-state index >= 15 is 0 Å². The van der Waals surface area contributed by atoms with E-state index in [0.29, 0.717) is 12.5 Å². The van der Waals surface area contributed by atoms with Crippen LogP contribution < -0.4 is 10.5 Å². The molecule has 24 heavy (non-hydrogen) atoms. The Kier molecular flexibility index (Phi) is 7.89. The number of benzene rings is 1. The fourth-order valence-electron chi connectivity index (χ4n) is 2.23. The highest BCUT2D eigenvalue weighted by Crippen LogP contribution is 2.44. The molecule has 2 N–H and O–H groups in total. The maximum atomic E-state index is 13.2. The van der Waals surface area contributed by atoms with Crippen LogP contribution in [-0.4, -0.2) is 7.11 Å². The fourth-order valence-corrected chi connectivity index (χ4v) is 2.23. The molecule has 0 amide bonds. The molecule has 1 aromatic rings. The predicted octanol–water partition coefficient (Wildman–Crippen LogP) is 5.59. The first kappa shape index (κ1) is 22.9. The second-order valence-corrected chi connectivity index (χ2v) is 5.71. The average molecular weight is 380 g/mol. The lowest BCUT2D eigenvalue weighted by atomic mass is 9.92. The molecule has 0 radical (unpaired) electrons. The molecule has 1 rings (SSSR count). The smallest absolute Gasteiger partial charge is 0.416 e. The minimum absolute atomic E-state index is 0. The van der Waals surface area contributed by atoms with Gasteiger partial charge in [-0.15, -0.1) is 12.4 Å². The molecule has 0 aliphatic rings. The van der Waals surface area contributed by atoms with E-state index in [4.69, 9.17) is 10.5 Å². The van der Waals surface area contributed by atoms with Gasteiger partial charge in [0, 0.05) is 11.6 Å². The Morgan fingerprint density at radius 2 is 1.54 bits per heavy atom. The van der Waals surface area contributed by atoms with Gasteiger partial charge in [0.15, 0.2) is 0 Å². The van der Waals surface area contributed by atoms with Gasteiger partial charge >= 0.3 is 12.4 Å². The summed E-state index contributed by atoms with van der Waals surface area (Å²) in [7, 11) is 1.02. The van der Waals surface area contributed by atoms with Crippen LogP contribution in [-0.2, 0) is 12.4 Å². The van der Waals surface area contributed by atoms with Gasteiger partial charge in [-0.3, -0.25) is 0 Å². The van der Waals surface area contributed by atoms with E-state index in [1.165, 1.54) is 0 Å². The maximum absolute atomic E-state index is 13.2. The molecule has 2 nitrogen and oxygen atoms in total. The van der Waals surface area contributed by atoms with Crippen molar-refractivity contribution in [3.05, 3.63) is 28.8 Å².